The molecule has 0 saturated carbocycles. The molecule has 11 heteroatoms. The average Bonchev–Trinajstić information content (AvgIpc) is 2.80. The summed E-state index contributed by atoms with van der Waals surface area (Å²) in [5, 5.41) is 12.3. The number of hydrogen-bond acceptors (Lipinski definition) is 10. The zero-order valence-electron chi connectivity index (χ0n) is 20.0. The van der Waals surface area contributed by atoms with Crippen LogP contribution in [0.5, 0.6) is 0 Å². The van der Waals surface area contributed by atoms with Crippen molar-refractivity contribution in [1.29, 1.82) is 0 Å². The first-order chi connectivity index (χ1) is 16.5. The lowest BCUT2D eigenvalue weighted by Gasteiger charge is -2.12. The van der Waals surface area contributed by atoms with E-state index in [1.807, 2.05) is 38.1 Å². The van der Waals surface area contributed by atoms with Crippen molar-refractivity contribution >= 4 is 29.4 Å². The summed E-state index contributed by atoms with van der Waals surface area (Å²) in [6.07, 6.45) is 2.01. The highest BCUT2D eigenvalue weighted by Crippen LogP contribution is 2.17. The van der Waals surface area contributed by atoms with Crippen molar-refractivity contribution < 1.29 is 14.3 Å². The highest BCUT2D eigenvalue weighted by Gasteiger charge is 2.08. The third kappa shape index (κ3) is 11.0. The molecule has 0 radical (unpaired) electrons. The van der Waals surface area contributed by atoms with Gasteiger partial charge in [0.15, 0.2) is 0 Å². The molecule has 0 saturated heterocycles. The molecule has 0 unspecified atom stereocenters. The molecule has 6 N–H and O–H groups in total. The van der Waals surface area contributed by atoms with E-state index >= 15 is 0 Å². The average molecular weight is 473 g/mol. The van der Waals surface area contributed by atoms with Crippen LogP contribution in [0.15, 0.2) is 36.9 Å². The van der Waals surface area contributed by atoms with E-state index in [9.17, 15) is 4.79 Å². The van der Waals surface area contributed by atoms with Gasteiger partial charge in [0.2, 0.25) is 23.8 Å². The first-order valence-electron chi connectivity index (χ1n) is 11.4. The van der Waals surface area contributed by atoms with E-state index in [1.54, 1.807) is 6.08 Å². The van der Waals surface area contributed by atoms with Crippen LogP contribution >= 0.6 is 0 Å². The predicted octanol–water partition coefficient (Wildman–Crippen LogP) is 1.68. The number of hydrogen-bond donors (Lipinski definition) is 5. The van der Waals surface area contributed by atoms with Gasteiger partial charge in [-0.2, -0.15) is 15.0 Å². The number of carbonyl (C=O) groups is 1. The van der Waals surface area contributed by atoms with E-state index < -0.39 is 0 Å². The van der Waals surface area contributed by atoms with Gasteiger partial charge in [-0.25, -0.2) is 0 Å². The van der Waals surface area contributed by atoms with Gasteiger partial charge in [0, 0.05) is 31.4 Å². The fraction of sp³-hybridized carbons (Fsp3) is 0.478. The van der Waals surface area contributed by atoms with Crippen LogP contribution in [0.2, 0.25) is 0 Å². The molecule has 1 amide bonds. The molecule has 2 aromatic rings. The van der Waals surface area contributed by atoms with E-state index in [-0.39, 0.29) is 18.4 Å². The number of anilines is 4. The Morgan fingerprint density at radius 3 is 2.38 bits per heavy atom. The quantitative estimate of drug-likeness (QED) is 0.170. The molecule has 0 fully saturated rings. The van der Waals surface area contributed by atoms with Crippen molar-refractivity contribution in [3.05, 3.63) is 42.5 Å². The molecule has 1 heterocycles. The molecule has 0 spiro atoms. The molecular weight excluding hydrogens is 436 g/mol. The SMILES string of the molecule is C=CCNc1nc(Nc2ccc(CC(=O)NCCOCCOCCN)cc2)nc(NC(C)C)n1. The molecule has 2 rings (SSSR count). The highest BCUT2D eigenvalue weighted by molar-refractivity contribution is 5.78. The van der Waals surface area contributed by atoms with Crippen LogP contribution in [0.3, 0.4) is 0 Å². The highest BCUT2D eigenvalue weighted by atomic mass is 16.5. The maximum Gasteiger partial charge on any atom is 0.233 e. The van der Waals surface area contributed by atoms with Crippen molar-refractivity contribution in [2.45, 2.75) is 26.3 Å². The Labute approximate surface area is 200 Å². The smallest absolute Gasteiger partial charge is 0.233 e. The van der Waals surface area contributed by atoms with E-state index in [1.165, 1.54) is 0 Å². The Morgan fingerprint density at radius 2 is 1.71 bits per heavy atom. The van der Waals surface area contributed by atoms with Crippen LogP contribution in [-0.2, 0) is 20.7 Å². The summed E-state index contributed by atoms with van der Waals surface area (Å²) in [6.45, 7) is 11.1. The molecule has 1 aromatic heterocycles. The zero-order valence-corrected chi connectivity index (χ0v) is 20.0. The number of nitrogens with zero attached hydrogens (tertiary/aromatic N) is 3. The maximum absolute atomic E-state index is 12.1. The lowest BCUT2D eigenvalue weighted by molar-refractivity contribution is -0.120. The topological polar surface area (TPSA) is 148 Å². The second-order valence-corrected chi connectivity index (χ2v) is 7.64. The molecule has 186 valence electrons. The standard InChI is InChI=1S/C23H36N8O3/c1-4-10-26-21-29-22(27-17(2)3)31-23(30-21)28-19-7-5-18(6-8-19)16-20(32)25-11-13-34-15-14-33-12-9-24/h4-8,17H,1,9-16,24H2,2-3H3,(H,25,32)(H3,26,27,28,29,30,31). The third-order valence-electron chi connectivity index (χ3n) is 4.24. The number of nitrogens with one attached hydrogen (secondary N) is 4. The van der Waals surface area contributed by atoms with Crippen LogP contribution in [0.1, 0.15) is 19.4 Å². The Bertz CT molecular complexity index is 877. The summed E-state index contributed by atoms with van der Waals surface area (Å²) >= 11 is 0. The molecule has 0 aliphatic carbocycles. The van der Waals surface area contributed by atoms with E-state index in [4.69, 9.17) is 15.2 Å². The van der Waals surface area contributed by atoms with Gasteiger partial charge >= 0.3 is 0 Å². The fourth-order valence-electron chi connectivity index (χ4n) is 2.75. The third-order valence-corrected chi connectivity index (χ3v) is 4.24. The zero-order chi connectivity index (χ0) is 24.6. The molecule has 0 bridgehead atoms. The molecule has 0 aliphatic rings. The predicted molar refractivity (Wildman–Crippen MR) is 134 cm³/mol. The second-order valence-electron chi connectivity index (χ2n) is 7.64. The van der Waals surface area contributed by atoms with Gasteiger partial charge < -0.3 is 36.5 Å². The van der Waals surface area contributed by atoms with Crippen molar-refractivity contribution in [1.82, 2.24) is 20.3 Å². The number of aromatic nitrogens is 3. The van der Waals surface area contributed by atoms with Gasteiger partial charge in [-0.15, -0.1) is 6.58 Å². The van der Waals surface area contributed by atoms with Crippen LogP contribution in [0.4, 0.5) is 23.5 Å². The summed E-state index contributed by atoms with van der Waals surface area (Å²) in [6, 6.07) is 7.71. The van der Waals surface area contributed by atoms with Crippen molar-refractivity contribution in [3.63, 3.8) is 0 Å². The lowest BCUT2D eigenvalue weighted by Crippen LogP contribution is -2.29. The lowest BCUT2D eigenvalue weighted by atomic mass is 10.1. The minimum Gasteiger partial charge on any atom is -0.378 e. The van der Waals surface area contributed by atoms with Gasteiger partial charge in [0.25, 0.3) is 0 Å². The molecule has 11 nitrogen and oxygen atoms in total. The van der Waals surface area contributed by atoms with Gasteiger partial charge in [0.1, 0.15) is 0 Å². The minimum atomic E-state index is -0.0662. The number of amides is 1. The Balaban J connectivity index is 1.82. The first kappa shape index (κ1) is 27.0. The summed E-state index contributed by atoms with van der Waals surface area (Å²) in [5.74, 6) is 1.26. The van der Waals surface area contributed by atoms with Crippen molar-refractivity contribution in [2.24, 2.45) is 5.73 Å². The number of ether oxygens (including phenoxy) is 2. The number of carbonyl (C=O) groups excluding carboxylic acids is 1. The van der Waals surface area contributed by atoms with E-state index in [0.717, 1.165) is 11.3 Å². The van der Waals surface area contributed by atoms with Gasteiger partial charge in [-0.05, 0) is 31.5 Å². The van der Waals surface area contributed by atoms with E-state index in [0.29, 0.717) is 63.9 Å². The molecule has 0 atom stereocenters. The summed E-state index contributed by atoms with van der Waals surface area (Å²) < 4.78 is 10.6. The van der Waals surface area contributed by atoms with Crippen molar-refractivity contribution in [3.8, 4) is 0 Å². The molecular formula is C23H36N8O3. The number of rotatable bonds is 17. The fourth-order valence-corrected chi connectivity index (χ4v) is 2.75. The minimum absolute atomic E-state index is 0.0662. The molecule has 1 aromatic carbocycles. The van der Waals surface area contributed by atoms with Crippen molar-refractivity contribution in [2.75, 3.05) is 62.0 Å². The Morgan fingerprint density at radius 1 is 1.03 bits per heavy atom. The molecule has 0 aliphatic heterocycles. The normalized spacial score (nSPS) is 10.7. The number of nitrogens with two attached hydrogens (primary N) is 1. The largest absolute Gasteiger partial charge is 0.378 e. The van der Waals surface area contributed by atoms with Crippen LogP contribution < -0.4 is 27.0 Å². The first-order valence-corrected chi connectivity index (χ1v) is 11.4. The second kappa shape index (κ2) is 15.5. The molecule has 34 heavy (non-hydrogen) atoms. The van der Waals surface area contributed by atoms with Gasteiger partial charge in [-0.3, -0.25) is 4.79 Å². The Kier molecular flexibility index (Phi) is 12.3. The van der Waals surface area contributed by atoms with Crippen LogP contribution in [0.25, 0.3) is 0 Å². The monoisotopic (exact) mass is 472 g/mol. The maximum atomic E-state index is 12.1. The van der Waals surface area contributed by atoms with E-state index in [2.05, 4.69) is 42.8 Å². The summed E-state index contributed by atoms with van der Waals surface area (Å²) in [4.78, 5) is 25.3. The summed E-state index contributed by atoms with van der Waals surface area (Å²) in [7, 11) is 0. The number of benzene rings is 1. The Hall–Kier alpha value is -3.28. The van der Waals surface area contributed by atoms with Gasteiger partial charge in [-0.1, -0.05) is 18.2 Å². The van der Waals surface area contributed by atoms with Crippen LogP contribution in [0, 0.1) is 0 Å². The van der Waals surface area contributed by atoms with Gasteiger partial charge in [0.05, 0.1) is 32.8 Å². The summed E-state index contributed by atoms with van der Waals surface area (Å²) in [5.41, 5.74) is 7.03. The van der Waals surface area contributed by atoms with Crippen LogP contribution in [-0.4, -0.2) is 73.0 Å².